The van der Waals surface area contributed by atoms with Gasteiger partial charge in [-0.25, -0.2) is 0 Å². The fourth-order valence-electron chi connectivity index (χ4n) is 1.81. The van der Waals surface area contributed by atoms with Crippen LogP contribution in [0.15, 0.2) is 42.7 Å². The maximum Gasteiger partial charge on any atom is 0.400 e. The summed E-state index contributed by atoms with van der Waals surface area (Å²) < 4.78 is 39.3. The van der Waals surface area contributed by atoms with Gasteiger partial charge in [0.05, 0.1) is 12.7 Å². The topological polar surface area (TPSA) is 67.7 Å². The smallest absolute Gasteiger partial charge is 0.387 e. The van der Waals surface area contributed by atoms with Gasteiger partial charge in [-0.05, 0) is 5.56 Å². The minimum absolute atomic E-state index is 0.494. The number of amidine groups is 1. The molecular formula is C13H13F3N4. The average molecular weight is 282 g/mol. The summed E-state index contributed by atoms with van der Waals surface area (Å²) in [7, 11) is 0. The number of nitrogens with zero attached hydrogens (tertiary/aromatic N) is 2. The van der Waals surface area contributed by atoms with E-state index in [1.54, 1.807) is 0 Å². The molecule has 2 rings (SSSR count). The summed E-state index contributed by atoms with van der Waals surface area (Å²) in [6, 6.07) is 9.20. The number of nitrogens with two attached hydrogens (primary N) is 1. The highest BCUT2D eigenvalue weighted by atomic mass is 19.4. The van der Waals surface area contributed by atoms with Crippen molar-refractivity contribution in [1.29, 1.82) is 5.41 Å². The molecule has 3 N–H and O–H groups in total. The van der Waals surface area contributed by atoms with Gasteiger partial charge in [-0.15, -0.1) is 0 Å². The molecule has 0 aliphatic rings. The zero-order valence-electron chi connectivity index (χ0n) is 10.4. The standard InChI is InChI=1S/C13H13F3N4/c14-13(15,16)11(12(17)18)8-20-7-10(6-19-20)9-4-2-1-3-5-9/h1-7,11H,8H2,(H3,17,18). The van der Waals surface area contributed by atoms with Crippen LogP contribution in [0.5, 0.6) is 0 Å². The Bertz CT molecular complexity index is 589. The summed E-state index contributed by atoms with van der Waals surface area (Å²) >= 11 is 0. The zero-order valence-corrected chi connectivity index (χ0v) is 10.4. The van der Waals surface area contributed by atoms with Crippen LogP contribution in [0.4, 0.5) is 13.2 Å². The summed E-state index contributed by atoms with van der Waals surface area (Å²) in [4.78, 5) is 0. The molecule has 0 spiro atoms. The van der Waals surface area contributed by atoms with Gasteiger partial charge in [-0.1, -0.05) is 30.3 Å². The summed E-state index contributed by atoms with van der Waals surface area (Å²) in [5.41, 5.74) is 6.59. The van der Waals surface area contributed by atoms with Crippen molar-refractivity contribution < 1.29 is 13.2 Å². The molecule has 0 radical (unpaired) electrons. The van der Waals surface area contributed by atoms with Crippen LogP contribution in [0, 0.1) is 11.3 Å². The Labute approximate surface area is 113 Å². The minimum atomic E-state index is -4.55. The van der Waals surface area contributed by atoms with Crippen LogP contribution in [0.25, 0.3) is 11.1 Å². The Morgan fingerprint density at radius 1 is 1.25 bits per heavy atom. The monoisotopic (exact) mass is 282 g/mol. The van der Waals surface area contributed by atoms with Crippen LogP contribution >= 0.6 is 0 Å². The van der Waals surface area contributed by atoms with Crippen molar-refractivity contribution in [2.45, 2.75) is 12.7 Å². The Balaban J connectivity index is 2.19. The van der Waals surface area contributed by atoms with Crippen molar-refractivity contribution in [3.63, 3.8) is 0 Å². The fraction of sp³-hybridized carbons (Fsp3) is 0.231. The molecule has 1 aromatic heterocycles. The fourth-order valence-corrected chi connectivity index (χ4v) is 1.81. The molecule has 106 valence electrons. The molecule has 0 fully saturated rings. The van der Waals surface area contributed by atoms with Crippen molar-refractivity contribution in [1.82, 2.24) is 9.78 Å². The zero-order chi connectivity index (χ0) is 14.8. The second-order valence-electron chi connectivity index (χ2n) is 4.37. The Hall–Kier alpha value is -2.31. The van der Waals surface area contributed by atoms with Crippen molar-refractivity contribution in [3.05, 3.63) is 42.7 Å². The lowest BCUT2D eigenvalue weighted by molar-refractivity contribution is -0.159. The molecule has 20 heavy (non-hydrogen) atoms. The summed E-state index contributed by atoms with van der Waals surface area (Å²) in [6.07, 6.45) is -1.55. The normalized spacial score (nSPS) is 13.2. The van der Waals surface area contributed by atoms with Crippen molar-refractivity contribution in [2.24, 2.45) is 11.7 Å². The molecule has 0 amide bonds. The van der Waals surface area contributed by atoms with E-state index in [1.807, 2.05) is 30.3 Å². The first-order chi connectivity index (χ1) is 9.38. The first kappa shape index (κ1) is 14.1. The van der Waals surface area contributed by atoms with E-state index in [-0.39, 0.29) is 0 Å². The summed E-state index contributed by atoms with van der Waals surface area (Å²) in [6.45, 7) is -0.494. The molecular weight excluding hydrogens is 269 g/mol. The second-order valence-corrected chi connectivity index (χ2v) is 4.37. The van der Waals surface area contributed by atoms with E-state index in [1.165, 1.54) is 12.4 Å². The number of hydrogen-bond acceptors (Lipinski definition) is 2. The molecule has 0 aliphatic carbocycles. The van der Waals surface area contributed by atoms with E-state index >= 15 is 0 Å². The molecule has 0 saturated heterocycles. The van der Waals surface area contributed by atoms with Gasteiger partial charge in [0.1, 0.15) is 11.8 Å². The highest BCUT2D eigenvalue weighted by molar-refractivity contribution is 5.80. The molecule has 0 saturated carbocycles. The first-order valence-corrected chi connectivity index (χ1v) is 5.86. The van der Waals surface area contributed by atoms with Gasteiger partial charge in [-0.2, -0.15) is 18.3 Å². The number of hydrogen-bond donors (Lipinski definition) is 2. The van der Waals surface area contributed by atoms with Crippen LogP contribution in [0.2, 0.25) is 0 Å². The molecule has 0 bridgehead atoms. The van der Waals surface area contributed by atoms with Gasteiger partial charge in [0.2, 0.25) is 0 Å². The largest absolute Gasteiger partial charge is 0.400 e. The molecule has 1 unspecified atom stereocenters. The predicted octanol–water partition coefficient (Wildman–Crippen LogP) is 2.66. The van der Waals surface area contributed by atoms with E-state index < -0.39 is 24.5 Å². The molecule has 1 aromatic carbocycles. The number of alkyl halides is 3. The maximum absolute atomic E-state index is 12.7. The van der Waals surface area contributed by atoms with Gasteiger partial charge >= 0.3 is 6.18 Å². The van der Waals surface area contributed by atoms with Crippen LogP contribution in [0.3, 0.4) is 0 Å². The minimum Gasteiger partial charge on any atom is -0.387 e. The Morgan fingerprint density at radius 3 is 2.45 bits per heavy atom. The third-order valence-corrected chi connectivity index (χ3v) is 2.88. The molecule has 7 heteroatoms. The van der Waals surface area contributed by atoms with Gasteiger partial charge in [0, 0.05) is 11.8 Å². The number of benzene rings is 1. The van der Waals surface area contributed by atoms with Crippen molar-refractivity contribution >= 4 is 5.84 Å². The first-order valence-electron chi connectivity index (χ1n) is 5.86. The molecule has 2 aromatic rings. The van der Waals surface area contributed by atoms with Crippen LogP contribution in [-0.4, -0.2) is 21.8 Å². The number of rotatable bonds is 4. The van der Waals surface area contributed by atoms with E-state index in [4.69, 9.17) is 11.1 Å². The van der Waals surface area contributed by atoms with Crippen LogP contribution in [-0.2, 0) is 6.54 Å². The van der Waals surface area contributed by atoms with Gasteiger partial charge < -0.3 is 5.73 Å². The molecule has 1 heterocycles. The van der Waals surface area contributed by atoms with Gasteiger partial charge in [0.15, 0.2) is 0 Å². The highest BCUT2D eigenvalue weighted by Gasteiger charge is 2.42. The molecule has 0 aliphatic heterocycles. The molecule has 1 atom stereocenters. The average Bonchev–Trinajstić information content (AvgIpc) is 2.84. The van der Waals surface area contributed by atoms with Gasteiger partial charge in [-0.3, -0.25) is 10.1 Å². The lowest BCUT2D eigenvalue weighted by Gasteiger charge is -2.18. The van der Waals surface area contributed by atoms with Gasteiger partial charge in [0.25, 0.3) is 0 Å². The van der Waals surface area contributed by atoms with E-state index in [2.05, 4.69) is 5.10 Å². The third-order valence-electron chi connectivity index (χ3n) is 2.88. The quantitative estimate of drug-likeness (QED) is 0.668. The number of halogens is 3. The predicted molar refractivity (Wildman–Crippen MR) is 69.1 cm³/mol. The van der Waals surface area contributed by atoms with E-state index in [9.17, 15) is 13.2 Å². The third kappa shape index (κ3) is 3.17. The van der Waals surface area contributed by atoms with Crippen molar-refractivity contribution in [2.75, 3.05) is 0 Å². The summed E-state index contributed by atoms with van der Waals surface area (Å²) in [5, 5.41) is 10.9. The SMILES string of the molecule is N=C(N)C(Cn1cc(-c2ccccc2)cn1)C(F)(F)F. The van der Waals surface area contributed by atoms with Crippen molar-refractivity contribution in [3.8, 4) is 11.1 Å². The Morgan fingerprint density at radius 2 is 1.90 bits per heavy atom. The maximum atomic E-state index is 12.7. The lowest BCUT2D eigenvalue weighted by Crippen LogP contribution is -2.38. The number of aromatic nitrogens is 2. The van der Waals surface area contributed by atoms with E-state index in [0.29, 0.717) is 0 Å². The van der Waals surface area contributed by atoms with Crippen LogP contribution < -0.4 is 5.73 Å². The summed E-state index contributed by atoms with van der Waals surface area (Å²) in [5.74, 6) is -2.93. The Kier molecular flexibility index (Phi) is 3.78. The van der Waals surface area contributed by atoms with Crippen LogP contribution in [0.1, 0.15) is 0 Å². The number of nitrogens with one attached hydrogen (secondary N) is 1. The second kappa shape index (κ2) is 5.36. The lowest BCUT2D eigenvalue weighted by atomic mass is 10.1. The van der Waals surface area contributed by atoms with E-state index in [0.717, 1.165) is 15.8 Å². The highest BCUT2D eigenvalue weighted by Crippen LogP contribution is 2.28. The molecule has 4 nitrogen and oxygen atoms in total.